The van der Waals surface area contributed by atoms with Crippen molar-refractivity contribution in [3.8, 4) is 5.95 Å². The van der Waals surface area contributed by atoms with E-state index < -0.39 is 5.82 Å². The van der Waals surface area contributed by atoms with Crippen molar-refractivity contribution >= 4 is 33.8 Å². The van der Waals surface area contributed by atoms with E-state index in [1.165, 1.54) is 18.5 Å². The molecule has 0 atom stereocenters. The number of nitrogens with zero attached hydrogens (tertiary/aromatic N) is 5. The van der Waals surface area contributed by atoms with E-state index in [0.717, 1.165) is 0 Å². The number of aromatic nitrogens is 6. The second kappa shape index (κ2) is 6.14. The van der Waals surface area contributed by atoms with Gasteiger partial charge in [0, 0.05) is 25.3 Å². The number of hydrogen-bond donors (Lipinski definition) is 1. The fourth-order valence-corrected chi connectivity index (χ4v) is 3.69. The third-order valence-corrected chi connectivity index (χ3v) is 5.07. The van der Waals surface area contributed by atoms with Crippen molar-refractivity contribution in [3.05, 3.63) is 46.0 Å². The van der Waals surface area contributed by atoms with E-state index in [4.69, 9.17) is 16.3 Å². The van der Waals surface area contributed by atoms with Gasteiger partial charge < -0.3 is 9.72 Å². The summed E-state index contributed by atoms with van der Waals surface area (Å²) < 4.78 is 22.2. The van der Waals surface area contributed by atoms with Crippen LogP contribution in [-0.2, 0) is 4.74 Å². The lowest BCUT2D eigenvalue weighted by molar-refractivity contribution is 0.0697. The molecule has 5 rings (SSSR count). The molecule has 0 radical (unpaired) electrons. The Hall–Kier alpha value is -2.78. The molecule has 3 aromatic heterocycles. The van der Waals surface area contributed by atoms with Gasteiger partial charge in [-0.25, -0.2) is 14.2 Å². The van der Waals surface area contributed by atoms with E-state index in [9.17, 15) is 9.18 Å². The third-order valence-electron chi connectivity index (χ3n) is 4.79. The van der Waals surface area contributed by atoms with Crippen molar-refractivity contribution in [2.45, 2.75) is 18.9 Å². The molecule has 0 bridgehead atoms. The van der Waals surface area contributed by atoms with Gasteiger partial charge in [0.2, 0.25) is 5.95 Å². The van der Waals surface area contributed by atoms with E-state index in [1.807, 2.05) is 0 Å². The Labute approximate surface area is 156 Å². The molecule has 1 aromatic carbocycles. The van der Waals surface area contributed by atoms with Gasteiger partial charge in [0.1, 0.15) is 17.7 Å². The Morgan fingerprint density at radius 2 is 2.07 bits per heavy atom. The highest BCUT2D eigenvalue weighted by molar-refractivity contribution is 6.33. The highest BCUT2D eigenvalue weighted by Gasteiger charge is 2.23. The predicted octanol–water partition coefficient (Wildman–Crippen LogP) is 2.60. The van der Waals surface area contributed by atoms with E-state index in [0.29, 0.717) is 48.3 Å². The molecule has 0 spiro atoms. The maximum Gasteiger partial charge on any atom is 0.328 e. The van der Waals surface area contributed by atoms with Crippen LogP contribution in [0.1, 0.15) is 18.9 Å². The molecule has 10 heteroatoms. The minimum absolute atomic E-state index is 0.0317. The molecule has 1 fully saturated rings. The minimum Gasteiger partial charge on any atom is -0.381 e. The molecule has 8 nitrogen and oxygen atoms in total. The van der Waals surface area contributed by atoms with Gasteiger partial charge in [-0.3, -0.25) is 9.13 Å². The summed E-state index contributed by atoms with van der Waals surface area (Å²) in [5, 5.41) is 0.121. The van der Waals surface area contributed by atoms with Gasteiger partial charge in [0.05, 0.1) is 11.0 Å². The maximum atomic E-state index is 13.7. The zero-order chi connectivity index (χ0) is 18.5. The van der Waals surface area contributed by atoms with Gasteiger partial charge in [0.25, 0.3) is 0 Å². The summed E-state index contributed by atoms with van der Waals surface area (Å²) in [6, 6.07) is 4.24. The van der Waals surface area contributed by atoms with Crippen molar-refractivity contribution in [1.29, 1.82) is 0 Å². The average molecular weight is 389 g/mol. The Balaban J connectivity index is 1.74. The first-order valence-corrected chi connectivity index (χ1v) is 8.88. The van der Waals surface area contributed by atoms with Crippen LogP contribution in [0.5, 0.6) is 0 Å². The summed E-state index contributed by atoms with van der Waals surface area (Å²) in [6.45, 7) is 1.17. The van der Waals surface area contributed by atoms with E-state index in [2.05, 4.69) is 19.9 Å². The largest absolute Gasteiger partial charge is 0.381 e. The van der Waals surface area contributed by atoms with Crippen molar-refractivity contribution < 1.29 is 9.13 Å². The Kier molecular flexibility index (Phi) is 3.73. The molecule has 1 aliphatic heterocycles. The van der Waals surface area contributed by atoms with Crippen LogP contribution in [0.4, 0.5) is 4.39 Å². The number of rotatable bonds is 2. The summed E-state index contributed by atoms with van der Waals surface area (Å²) in [6.07, 6.45) is 2.93. The molecule has 1 saturated heterocycles. The topological polar surface area (TPSA) is 90.6 Å². The molecule has 0 saturated carbocycles. The lowest BCUT2D eigenvalue weighted by Crippen LogP contribution is -2.27. The fraction of sp³-hybridized carbons (Fsp3) is 0.294. The molecule has 27 heavy (non-hydrogen) atoms. The molecule has 0 unspecified atom stereocenters. The number of fused-ring (bicyclic) bond motifs is 2. The number of nitrogens with one attached hydrogen (secondary N) is 1. The molecule has 0 amide bonds. The number of hydrogen-bond acceptors (Lipinski definition) is 5. The molecule has 138 valence electrons. The van der Waals surface area contributed by atoms with Gasteiger partial charge in [-0.2, -0.15) is 9.97 Å². The van der Waals surface area contributed by atoms with Crippen LogP contribution in [0.25, 0.3) is 28.1 Å². The number of ether oxygens (including phenoxy) is 1. The quantitative estimate of drug-likeness (QED) is 0.533. The Morgan fingerprint density at radius 1 is 1.26 bits per heavy atom. The summed E-state index contributed by atoms with van der Waals surface area (Å²) in [7, 11) is 0. The highest BCUT2D eigenvalue weighted by Crippen LogP contribution is 2.26. The molecule has 4 aromatic rings. The smallest absolute Gasteiger partial charge is 0.328 e. The third kappa shape index (κ3) is 2.62. The first kappa shape index (κ1) is 16.4. The van der Waals surface area contributed by atoms with Gasteiger partial charge >= 0.3 is 5.69 Å². The van der Waals surface area contributed by atoms with Crippen molar-refractivity contribution in [1.82, 2.24) is 29.1 Å². The number of halogens is 2. The van der Waals surface area contributed by atoms with Crippen LogP contribution in [0.2, 0.25) is 5.15 Å². The summed E-state index contributed by atoms with van der Waals surface area (Å²) in [5.74, 6) is -0.169. The van der Waals surface area contributed by atoms with Crippen LogP contribution >= 0.6 is 11.6 Å². The predicted molar refractivity (Wildman–Crippen MR) is 96.8 cm³/mol. The number of H-pyrrole nitrogens is 1. The van der Waals surface area contributed by atoms with Gasteiger partial charge in [-0.05, 0) is 25.0 Å². The Bertz CT molecular complexity index is 1220. The van der Waals surface area contributed by atoms with Crippen LogP contribution < -0.4 is 5.69 Å². The second-order valence-corrected chi connectivity index (χ2v) is 6.76. The van der Waals surface area contributed by atoms with E-state index in [1.54, 1.807) is 15.2 Å². The number of aromatic amines is 1. The van der Waals surface area contributed by atoms with E-state index >= 15 is 0 Å². The summed E-state index contributed by atoms with van der Waals surface area (Å²) in [5.41, 5.74) is 1.63. The van der Waals surface area contributed by atoms with Crippen molar-refractivity contribution in [3.63, 3.8) is 0 Å². The zero-order valence-electron chi connectivity index (χ0n) is 14.0. The first-order chi connectivity index (χ1) is 13.1. The SMILES string of the molecule is O=c1[nH]c2c(Cl)nc(-n3cnc4ccc(F)cc43)nc2n1C1CCOCC1. The average Bonchev–Trinajstić information content (AvgIpc) is 3.22. The summed E-state index contributed by atoms with van der Waals surface area (Å²) in [4.78, 5) is 28.3. The molecule has 4 heterocycles. The molecule has 1 aliphatic rings. The fourth-order valence-electron chi connectivity index (χ4n) is 3.49. The second-order valence-electron chi connectivity index (χ2n) is 6.40. The number of imidazole rings is 2. The van der Waals surface area contributed by atoms with Crippen LogP contribution in [0, 0.1) is 5.82 Å². The molecular weight excluding hydrogens is 375 g/mol. The first-order valence-electron chi connectivity index (χ1n) is 8.50. The van der Waals surface area contributed by atoms with Crippen molar-refractivity contribution in [2.24, 2.45) is 0 Å². The Morgan fingerprint density at radius 3 is 2.89 bits per heavy atom. The van der Waals surface area contributed by atoms with E-state index in [-0.39, 0.29) is 22.8 Å². The lowest BCUT2D eigenvalue weighted by Gasteiger charge is -2.22. The van der Waals surface area contributed by atoms with Crippen LogP contribution in [0.3, 0.4) is 0 Å². The van der Waals surface area contributed by atoms with Gasteiger partial charge in [-0.1, -0.05) is 11.6 Å². The monoisotopic (exact) mass is 388 g/mol. The maximum absolute atomic E-state index is 13.7. The van der Waals surface area contributed by atoms with Gasteiger partial charge in [0.15, 0.2) is 10.8 Å². The molecular formula is C17H14ClFN6O2. The normalized spacial score (nSPS) is 15.8. The minimum atomic E-state index is -0.391. The van der Waals surface area contributed by atoms with Crippen molar-refractivity contribution in [2.75, 3.05) is 13.2 Å². The molecule has 1 N–H and O–H groups in total. The highest BCUT2D eigenvalue weighted by atomic mass is 35.5. The zero-order valence-corrected chi connectivity index (χ0v) is 14.8. The van der Waals surface area contributed by atoms with Crippen LogP contribution in [0.15, 0.2) is 29.3 Å². The number of benzene rings is 1. The van der Waals surface area contributed by atoms with Gasteiger partial charge in [-0.15, -0.1) is 0 Å². The lowest BCUT2D eigenvalue weighted by atomic mass is 10.1. The van der Waals surface area contributed by atoms with Crippen LogP contribution in [-0.4, -0.2) is 42.3 Å². The molecule has 0 aliphatic carbocycles. The standard InChI is InChI=1S/C17H14ClFN6O2/c18-14-13-15(25(17(26)21-13)10-3-5-27-6-4-10)23-16(22-14)24-8-20-11-2-1-9(19)7-12(11)24/h1-2,7-8,10H,3-6H2,(H,21,26). The summed E-state index contributed by atoms with van der Waals surface area (Å²) >= 11 is 6.32.